The quantitative estimate of drug-likeness (QED) is 0.779. The van der Waals surface area contributed by atoms with Gasteiger partial charge in [-0.3, -0.25) is 4.79 Å². The molecule has 0 bridgehead atoms. The number of carbonyl (C=O) groups is 1. The summed E-state index contributed by atoms with van der Waals surface area (Å²) in [4.78, 5) is 11.4. The zero-order chi connectivity index (χ0) is 12.1. The highest BCUT2D eigenvalue weighted by atomic mass is 16.5. The summed E-state index contributed by atoms with van der Waals surface area (Å²) in [6, 6.07) is 5.78. The molecule has 1 aliphatic rings. The van der Waals surface area contributed by atoms with E-state index in [4.69, 9.17) is 10.5 Å². The van der Waals surface area contributed by atoms with Crippen molar-refractivity contribution in [1.82, 2.24) is 0 Å². The van der Waals surface area contributed by atoms with Gasteiger partial charge in [-0.1, -0.05) is 6.07 Å². The molecule has 0 saturated carbocycles. The number of hydrogen-bond donors (Lipinski definition) is 2. The van der Waals surface area contributed by atoms with Gasteiger partial charge in [-0.15, -0.1) is 0 Å². The summed E-state index contributed by atoms with van der Waals surface area (Å²) in [5.41, 5.74) is 7.43. The van der Waals surface area contributed by atoms with Crippen LogP contribution in [0.1, 0.15) is 24.8 Å². The standard InChI is InChI=1S/C13H18N2O2/c14-8-3-9-17-12-6-2-5-11-10(12)4-1-7-13(16)15-11/h2,5-6H,1,3-4,7-9,14H2,(H,15,16). The average Bonchev–Trinajstić information content (AvgIpc) is 2.50. The third-order valence-electron chi connectivity index (χ3n) is 2.84. The number of ether oxygens (including phenoxy) is 1. The lowest BCUT2D eigenvalue weighted by atomic mass is 10.1. The summed E-state index contributed by atoms with van der Waals surface area (Å²) in [5.74, 6) is 0.959. The van der Waals surface area contributed by atoms with Gasteiger partial charge in [0.1, 0.15) is 5.75 Å². The van der Waals surface area contributed by atoms with Crippen LogP contribution in [0, 0.1) is 0 Å². The van der Waals surface area contributed by atoms with E-state index in [0.717, 1.165) is 36.3 Å². The van der Waals surface area contributed by atoms with Gasteiger partial charge < -0.3 is 15.8 Å². The Morgan fingerprint density at radius 3 is 3.06 bits per heavy atom. The van der Waals surface area contributed by atoms with Gasteiger partial charge >= 0.3 is 0 Å². The molecule has 0 aliphatic carbocycles. The van der Waals surface area contributed by atoms with Crippen LogP contribution in [-0.2, 0) is 11.2 Å². The number of anilines is 1. The predicted molar refractivity (Wildman–Crippen MR) is 67.2 cm³/mol. The zero-order valence-electron chi connectivity index (χ0n) is 9.87. The van der Waals surface area contributed by atoms with Crippen LogP contribution in [0.3, 0.4) is 0 Å². The van der Waals surface area contributed by atoms with Gasteiger partial charge in [-0.25, -0.2) is 0 Å². The number of nitrogens with one attached hydrogen (secondary N) is 1. The fraction of sp³-hybridized carbons (Fsp3) is 0.462. The van der Waals surface area contributed by atoms with Gasteiger partial charge in [0.2, 0.25) is 5.91 Å². The van der Waals surface area contributed by atoms with Gasteiger partial charge in [0.05, 0.1) is 6.61 Å². The molecule has 0 aromatic heterocycles. The summed E-state index contributed by atoms with van der Waals surface area (Å²) in [5, 5.41) is 2.91. The molecule has 92 valence electrons. The first kappa shape index (κ1) is 11.9. The molecule has 0 fully saturated rings. The van der Waals surface area contributed by atoms with Gasteiger partial charge in [-0.05, 0) is 37.9 Å². The first-order valence-electron chi connectivity index (χ1n) is 6.06. The molecule has 3 N–H and O–H groups in total. The third-order valence-corrected chi connectivity index (χ3v) is 2.84. The first-order chi connectivity index (χ1) is 8.31. The van der Waals surface area contributed by atoms with E-state index < -0.39 is 0 Å². The average molecular weight is 234 g/mol. The Labute approximate surface area is 101 Å². The second-order valence-electron chi connectivity index (χ2n) is 4.17. The molecular weight excluding hydrogens is 216 g/mol. The molecule has 1 aliphatic heterocycles. The van der Waals surface area contributed by atoms with E-state index >= 15 is 0 Å². The number of fused-ring (bicyclic) bond motifs is 1. The van der Waals surface area contributed by atoms with Crippen LogP contribution in [0.15, 0.2) is 18.2 Å². The van der Waals surface area contributed by atoms with Crippen molar-refractivity contribution < 1.29 is 9.53 Å². The van der Waals surface area contributed by atoms with Crippen molar-refractivity contribution in [1.29, 1.82) is 0 Å². The molecule has 1 aromatic rings. The number of rotatable bonds is 4. The van der Waals surface area contributed by atoms with E-state index in [2.05, 4.69) is 5.32 Å². The fourth-order valence-electron chi connectivity index (χ4n) is 1.98. The normalized spacial score (nSPS) is 14.8. The fourth-order valence-corrected chi connectivity index (χ4v) is 1.98. The van der Waals surface area contributed by atoms with Gasteiger partial charge in [0, 0.05) is 17.7 Å². The molecule has 0 saturated heterocycles. The number of hydrogen-bond acceptors (Lipinski definition) is 3. The predicted octanol–water partition coefficient (Wildman–Crippen LogP) is 1.69. The van der Waals surface area contributed by atoms with Gasteiger partial charge in [0.25, 0.3) is 0 Å². The lowest BCUT2D eigenvalue weighted by molar-refractivity contribution is -0.116. The van der Waals surface area contributed by atoms with E-state index in [9.17, 15) is 4.79 Å². The minimum absolute atomic E-state index is 0.0860. The van der Waals surface area contributed by atoms with Crippen molar-refractivity contribution >= 4 is 11.6 Å². The molecule has 4 nitrogen and oxygen atoms in total. The van der Waals surface area contributed by atoms with Crippen molar-refractivity contribution in [2.75, 3.05) is 18.5 Å². The Hall–Kier alpha value is -1.55. The number of carbonyl (C=O) groups excluding carboxylic acids is 1. The molecule has 17 heavy (non-hydrogen) atoms. The van der Waals surface area contributed by atoms with Crippen molar-refractivity contribution in [3.63, 3.8) is 0 Å². The van der Waals surface area contributed by atoms with Crippen LogP contribution >= 0.6 is 0 Å². The Kier molecular flexibility index (Phi) is 3.98. The van der Waals surface area contributed by atoms with E-state index in [-0.39, 0.29) is 5.91 Å². The number of benzene rings is 1. The highest BCUT2D eigenvalue weighted by Crippen LogP contribution is 2.30. The van der Waals surface area contributed by atoms with Crippen LogP contribution in [0.5, 0.6) is 5.75 Å². The molecule has 0 unspecified atom stereocenters. The Balaban J connectivity index is 2.17. The molecule has 1 amide bonds. The summed E-state index contributed by atoms with van der Waals surface area (Å²) < 4.78 is 5.70. The largest absolute Gasteiger partial charge is 0.493 e. The molecular formula is C13H18N2O2. The Bertz CT molecular complexity index is 404. The summed E-state index contributed by atoms with van der Waals surface area (Å²) >= 11 is 0. The second-order valence-corrected chi connectivity index (χ2v) is 4.17. The van der Waals surface area contributed by atoms with Crippen molar-refractivity contribution in [3.8, 4) is 5.75 Å². The van der Waals surface area contributed by atoms with E-state index in [1.807, 2.05) is 18.2 Å². The Morgan fingerprint density at radius 2 is 2.24 bits per heavy atom. The second kappa shape index (κ2) is 5.68. The maximum absolute atomic E-state index is 11.4. The summed E-state index contributed by atoms with van der Waals surface area (Å²) in [6.07, 6.45) is 3.18. The third kappa shape index (κ3) is 2.97. The number of amides is 1. The van der Waals surface area contributed by atoms with Crippen LogP contribution in [-0.4, -0.2) is 19.1 Å². The van der Waals surface area contributed by atoms with Crippen LogP contribution in [0.2, 0.25) is 0 Å². The molecule has 2 rings (SSSR count). The molecule has 0 atom stereocenters. The highest BCUT2D eigenvalue weighted by Gasteiger charge is 2.16. The van der Waals surface area contributed by atoms with Crippen molar-refractivity contribution in [3.05, 3.63) is 23.8 Å². The summed E-state index contributed by atoms with van der Waals surface area (Å²) in [7, 11) is 0. The topological polar surface area (TPSA) is 64.3 Å². The smallest absolute Gasteiger partial charge is 0.224 e. The monoisotopic (exact) mass is 234 g/mol. The van der Waals surface area contributed by atoms with Crippen LogP contribution in [0.25, 0.3) is 0 Å². The van der Waals surface area contributed by atoms with Crippen LogP contribution in [0.4, 0.5) is 5.69 Å². The zero-order valence-corrected chi connectivity index (χ0v) is 9.87. The lowest BCUT2D eigenvalue weighted by Gasteiger charge is -2.13. The maximum Gasteiger partial charge on any atom is 0.224 e. The minimum Gasteiger partial charge on any atom is -0.493 e. The first-order valence-corrected chi connectivity index (χ1v) is 6.06. The van der Waals surface area contributed by atoms with Gasteiger partial charge in [-0.2, -0.15) is 0 Å². The van der Waals surface area contributed by atoms with Gasteiger partial charge in [0.15, 0.2) is 0 Å². The highest BCUT2D eigenvalue weighted by molar-refractivity contribution is 5.92. The molecule has 1 heterocycles. The van der Waals surface area contributed by atoms with Crippen molar-refractivity contribution in [2.24, 2.45) is 5.73 Å². The molecule has 0 radical (unpaired) electrons. The maximum atomic E-state index is 11.4. The molecule has 1 aromatic carbocycles. The SMILES string of the molecule is NCCCOc1cccc2c1CCCC(=O)N2. The Morgan fingerprint density at radius 1 is 1.35 bits per heavy atom. The minimum atomic E-state index is 0.0860. The number of nitrogens with two attached hydrogens (primary N) is 1. The van der Waals surface area contributed by atoms with Crippen LogP contribution < -0.4 is 15.8 Å². The molecule has 4 heteroatoms. The van der Waals surface area contributed by atoms with E-state index in [1.165, 1.54) is 0 Å². The van der Waals surface area contributed by atoms with E-state index in [1.54, 1.807) is 0 Å². The van der Waals surface area contributed by atoms with E-state index in [0.29, 0.717) is 19.6 Å². The lowest BCUT2D eigenvalue weighted by Crippen LogP contribution is -2.10. The molecule has 0 spiro atoms. The van der Waals surface area contributed by atoms with Crippen molar-refractivity contribution in [2.45, 2.75) is 25.7 Å². The summed E-state index contributed by atoms with van der Waals surface area (Å²) in [6.45, 7) is 1.26.